The minimum atomic E-state index is -1.88. The van der Waals surface area contributed by atoms with Gasteiger partial charge in [-0.05, 0) is 24.5 Å². The first kappa shape index (κ1) is 11.3. The minimum absolute atomic E-state index is 0.0698. The molecule has 2 atom stereocenters. The number of aryl methyl sites for hydroxylation is 1. The summed E-state index contributed by atoms with van der Waals surface area (Å²) in [5, 5.41) is 0. The Morgan fingerprint density at radius 3 is 2.79 bits per heavy atom. The zero-order valence-corrected chi connectivity index (χ0v) is 8.97. The molecule has 0 heterocycles. The zero-order valence-electron chi connectivity index (χ0n) is 8.16. The largest absolute Gasteiger partial charge is 0.306 e. The van der Waals surface area contributed by atoms with Gasteiger partial charge in [-0.3, -0.25) is 0 Å². The summed E-state index contributed by atoms with van der Waals surface area (Å²) in [6.45, 7) is 3.61. The number of hydrogen-bond donors (Lipinski definition) is 1. The van der Waals surface area contributed by atoms with Crippen molar-refractivity contribution in [2.75, 3.05) is 5.75 Å². The average Bonchev–Trinajstić information content (AvgIpc) is 2.08. The van der Waals surface area contributed by atoms with Gasteiger partial charge in [0.25, 0.3) is 0 Å². The maximum Gasteiger partial charge on any atom is 0.153 e. The lowest BCUT2D eigenvalue weighted by atomic mass is 10.0. The summed E-state index contributed by atoms with van der Waals surface area (Å²) in [5.74, 6) is -0.477. The molecule has 0 aromatic heterocycles. The maximum absolute atomic E-state index is 13.3. The molecule has 1 N–H and O–H groups in total. The number of rotatable bonds is 3. The van der Waals surface area contributed by atoms with Crippen molar-refractivity contribution < 1.29 is 13.2 Å². The summed E-state index contributed by atoms with van der Waals surface area (Å²) >= 11 is -1.88. The highest BCUT2D eigenvalue weighted by Gasteiger charge is 2.13. The van der Waals surface area contributed by atoms with Gasteiger partial charge in [0.15, 0.2) is 11.1 Å². The van der Waals surface area contributed by atoms with E-state index in [1.807, 2.05) is 6.92 Å². The highest BCUT2D eigenvalue weighted by molar-refractivity contribution is 7.79. The van der Waals surface area contributed by atoms with E-state index in [1.54, 1.807) is 19.1 Å². The summed E-state index contributed by atoms with van der Waals surface area (Å²) in [6, 6.07) is 4.79. The predicted octanol–water partition coefficient (Wildman–Crippen LogP) is 2.46. The van der Waals surface area contributed by atoms with Gasteiger partial charge in [0.05, 0.1) is 5.75 Å². The molecule has 0 bridgehead atoms. The second kappa shape index (κ2) is 4.66. The van der Waals surface area contributed by atoms with E-state index in [2.05, 4.69) is 0 Å². The Hall–Kier alpha value is -0.740. The molecule has 0 saturated carbocycles. The van der Waals surface area contributed by atoms with E-state index in [0.29, 0.717) is 5.56 Å². The van der Waals surface area contributed by atoms with Gasteiger partial charge in [0.1, 0.15) is 5.82 Å². The van der Waals surface area contributed by atoms with Crippen LogP contribution in [0.5, 0.6) is 0 Å². The molecule has 1 unspecified atom stereocenters. The second-order valence-electron chi connectivity index (χ2n) is 3.41. The van der Waals surface area contributed by atoms with Crippen LogP contribution in [-0.2, 0) is 11.1 Å². The Bertz CT molecular complexity index is 352. The van der Waals surface area contributed by atoms with Crippen LogP contribution in [0.25, 0.3) is 0 Å². The van der Waals surface area contributed by atoms with Crippen molar-refractivity contribution >= 4 is 11.1 Å². The van der Waals surface area contributed by atoms with E-state index in [9.17, 15) is 8.60 Å². The lowest BCUT2D eigenvalue weighted by molar-refractivity contribution is 0.554. The molecular formula is C10H13FO2S. The molecule has 14 heavy (non-hydrogen) atoms. The third-order valence-corrected chi connectivity index (χ3v) is 2.86. The predicted molar refractivity (Wildman–Crippen MR) is 55.2 cm³/mol. The van der Waals surface area contributed by atoms with E-state index in [0.717, 1.165) is 5.56 Å². The summed E-state index contributed by atoms with van der Waals surface area (Å²) in [5.41, 5.74) is 1.46. The Labute approximate surface area is 85.4 Å². The first-order chi connectivity index (χ1) is 6.50. The van der Waals surface area contributed by atoms with Gasteiger partial charge in [-0.25, -0.2) is 8.60 Å². The van der Waals surface area contributed by atoms with Crippen LogP contribution in [0.15, 0.2) is 18.2 Å². The first-order valence-corrected chi connectivity index (χ1v) is 5.62. The average molecular weight is 216 g/mol. The molecule has 1 aromatic carbocycles. The normalized spacial score (nSPS) is 15.1. The van der Waals surface area contributed by atoms with Crippen molar-refractivity contribution in [1.82, 2.24) is 0 Å². The smallest absolute Gasteiger partial charge is 0.153 e. The molecule has 1 rings (SSSR count). The van der Waals surface area contributed by atoms with E-state index in [4.69, 9.17) is 4.55 Å². The van der Waals surface area contributed by atoms with E-state index >= 15 is 0 Å². The molecule has 0 radical (unpaired) electrons. The monoisotopic (exact) mass is 216 g/mol. The fourth-order valence-corrected chi connectivity index (χ4v) is 1.95. The van der Waals surface area contributed by atoms with Crippen molar-refractivity contribution in [2.45, 2.75) is 19.8 Å². The highest BCUT2D eigenvalue weighted by Crippen LogP contribution is 2.20. The van der Waals surface area contributed by atoms with Gasteiger partial charge in [-0.15, -0.1) is 0 Å². The Balaban J connectivity index is 2.93. The number of benzene rings is 1. The topological polar surface area (TPSA) is 37.3 Å². The van der Waals surface area contributed by atoms with Gasteiger partial charge in [-0.2, -0.15) is 0 Å². The lowest BCUT2D eigenvalue weighted by Crippen LogP contribution is -2.07. The van der Waals surface area contributed by atoms with Crippen LogP contribution in [0.1, 0.15) is 24.0 Å². The van der Waals surface area contributed by atoms with Gasteiger partial charge < -0.3 is 4.55 Å². The maximum atomic E-state index is 13.3. The molecule has 4 heteroatoms. The third kappa shape index (κ3) is 2.89. The second-order valence-corrected chi connectivity index (χ2v) is 4.39. The van der Waals surface area contributed by atoms with Crippen LogP contribution in [-0.4, -0.2) is 14.5 Å². The molecule has 0 aliphatic heterocycles. The molecule has 2 nitrogen and oxygen atoms in total. The van der Waals surface area contributed by atoms with Gasteiger partial charge in [0, 0.05) is 0 Å². The molecule has 78 valence electrons. The molecule has 0 spiro atoms. The number of halogens is 1. The van der Waals surface area contributed by atoms with Crippen molar-refractivity contribution in [1.29, 1.82) is 0 Å². The summed E-state index contributed by atoms with van der Waals surface area (Å²) in [7, 11) is 0. The van der Waals surface area contributed by atoms with Crippen molar-refractivity contribution in [2.24, 2.45) is 0 Å². The van der Waals surface area contributed by atoms with Gasteiger partial charge in [0.2, 0.25) is 0 Å². The molecule has 0 aliphatic rings. The molecule has 0 aliphatic carbocycles. The van der Waals surface area contributed by atoms with E-state index in [1.165, 1.54) is 6.07 Å². The quantitative estimate of drug-likeness (QED) is 0.788. The van der Waals surface area contributed by atoms with Gasteiger partial charge in [-0.1, -0.05) is 24.6 Å². The third-order valence-electron chi connectivity index (χ3n) is 2.07. The van der Waals surface area contributed by atoms with E-state index in [-0.39, 0.29) is 17.5 Å². The van der Waals surface area contributed by atoms with Crippen LogP contribution in [0, 0.1) is 12.7 Å². The molecular weight excluding hydrogens is 203 g/mol. The van der Waals surface area contributed by atoms with Gasteiger partial charge >= 0.3 is 0 Å². The highest BCUT2D eigenvalue weighted by atomic mass is 32.2. The minimum Gasteiger partial charge on any atom is -0.306 e. The molecule has 1 aromatic rings. The van der Waals surface area contributed by atoms with Crippen molar-refractivity contribution in [3.63, 3.8) is 0 Å². The van der Waals surface area contributed by atoms with Crippen LogP contribution in [0.3, 0.4) is 0 Å². The number of hydrogen-bond acceptors (Lipinski definition) is 1. The summed E-state index contributed by atoms with van der Waals surface area (Å²) < 4.78 is 32.6. The van der Waals surface area contributed by atoms with Crippen LogP contribution >= 0.6 is 0 Å². The Morgan fingerprint density at radius 2 is 2.21 bits per heavy atom. The Kier molecular flexibility index (Phi) is 3.77. The Morgan fingerprint density at radius 1 is 1.57 bits per heavy atom. The lowest BCUT2D eigenvalue weighted by Gasteiger charge is -2.11. The first-order valence-electron chi connectivity index (χ1n) is 4.34. The fraction of sp³-hybridized carbons (Fsp3) is 0.400. The van der Waals surface area contributed by atoms with Crippen LogP contribution in [0.4, 0.5) is 4.39 Å². The van der Waals surface area contributed by atoms with Crippen LogP contribution in [0.2, 0.25) is 0 Å². The molecule has 0 amide bonds. The summed E-state index contributed by atoms with van der Waals surface area (Å²) in [4.78, 5) is 0. The molecule has 0 fully saturated rings. The standard InChI is InChI=1S/C10H13FO2S/c1-7-3-4-10(11)9(5-7)8(2)6-14(12)13/h3-5,8H,6H2,1-2H3,(H,12,13)/t8-/m0/s1. The van der Waals surface area contributed by atoms with Crippen LogP contribution < -0.4 is 0 Å². The molecule has 0 saturated heterocycles. The van der Waals surface area contributed by atoms with Crippen molar-refractivity contribution in [3.05, 3.63) is 35.1 Å². The van der Waals surface area contributed by atoms with Crippen molar-refractivity contribution in [3.8, 4) is 0 Å². The summed E-state index contributed by atoms with van der Waals surface area (Å²) in [6.07, 6.45) is 0. The fourth-order valence-electron chi connectivity index (χ4n) is 1.34. The zero-order chi connectivity index (χ0) is 10.7. The van der Waals surface area contributed by atoms with E-state index < -0.39 is 11.1 Å². The SMILES string of the molecule is Cc1ccc(F)c([C@@H](C)CS(=O)O)c1.